The van der Waals surface area contributed by atoms with Crippen molar-refractivity contribution < 1.29 is 0 Å². The summed E-state index contributed by atoms with van der Waals surface area (Å²) in [5, 5.41) is 0. The van der Waals surface area contributed by atoms with Gasteiger partial charge in [-0.15, -0.1) is 0 Å². The van der Waals surface area contributed by atoms with Gasteiger partial charge in [0.25, 0.3) is 0 Å². The van der Waals surface area contributed by atoms with Gasteiger partial charge in [0, 0.05) is 6.20 Å². The van der Waals surface area contributed by atoms with Crippen molar-refractivity contribution in [1.29, 1.82) is 0 Å². The van der Waals surface area contributed by atoms with E-state index in [9.17, 15) is 0 Å². The number of hydrogen-bond acceptors (Lipinski definition) is 1. The Morgan fingerprint density at radius 1 is 1.56 bits per heavy atom. The Kier molecular flexibility index (Phi) is 1.87. The fourth-order valence-corrected chi connectivity index (χ4v) is 0.593. The van der Waals surface area contributed by atoms with Gasteiger partial charge in [-0.1, -0.05) is 12.0 Å². The molecule has 0 atom stereocenters. The van der Waals surface area contributed by atoms with Crippen LogP contribution in [0, 0.1) is 12.3 Å². The zero-order valence-corrected chi connectivity index (χ0v) is 4.96. The molecule has 0 saturated carbocycles. The Morgan fingerprint density at radius 2 is 2.44 bits per heavy atom. The lowest BCUT2D eigenvalue weighted by molar-refractivity contribution is 1.13. The average molecular weight is 116 g/mol. The Hall–Kier alpha value is -1.29. The van der Waals surface area contributed by atoms with E-state index in [-0.39, 0.29) is 0 Å². The van der Waals surface area contributed by atoms with Gasteiger partial charge in [-0.05, 0) is 18.6 Å². The lowest BCUT2D eigenvalue weighted by Crippen LogP contribution is -1.83. The van der Waals surface area contributed by atoms with Crippen molar-refractivity contribution in [3.8, 4) is 5.92 Å². The van der Waals surface area contributed by atoms with Crippen molar-refractivity contribution >= 4 is 0 Å². The summed E-state index contributed by atoms with van der Waals surface area (Å²) >= 11 is 0. The molecule has 0 saturated heterocycles. The molecule has 1 nitrogen and oxygen atoms in total. The second-order valence-corrected chi connectivity index (χ2v) is 1.67. The third kappa shape index (κ3) is 1.58. The molecule has 43 valence electrons. The molecule has 0 N–H and O–H groups in total. The Balaban J connectivity index is 2.76. The summed E-state index contributed by atoms with van der Waals surface area (Å²) in [5.74, 6) is 2.27. The zero-order valence-electron chi connectivity index (χ0n) is 4.96. The first kappa shape index (κ1) is 5.84. The molecule has 0 unspecified atom stereocenters. The molecule has 0 aliphatic heterocycles. The van der Waals surface area contributed by atoms with E-state index in [1.54, 1.807) is 6.20 Å². The molecule has 1 heteroatoms. The largest absolute Gasteiger partial charge is 0.260 e. The third-order valence-corrected chi connectivity index (χ3v) is 0.996. The van der Waals surface area contributed by atoms with Crippen LogP contribution in [0.25, 0.3) is 0 Å². The van der Waals surface area contributed by atoms with Crippen molar-refractivity contribution in [2.75, 3.05) is 0 Å². The number of hydrogen-bond donors (Lipinski definition) is 0. The summed E-state index contributed by atoms with van der Waals surface area (Å²) < 4.78 is 0. The van der Waals surface area contributed by atoms with Crippen molar-refractivity contribution in [3.63, 3.8) is 0 Å². The number of nitrogens with zero attached hydrogens (tertiary/aromatic N) is 1. The molecule has 1 aromatic rings. The second-order valence-electron chi connectivity index (χ2n) is 1.67. The standard InChI is InChI=1S/C8H6N/c1-2-5-8-6-3-4-7-9-8/h3-4,6-7H,5H2. The highest BCUT2D eigenvalue weighted by Gasteiger charge is 1.84. The Morgan fingerprint density at radius 3 is 3.00 bits per heavy atom. The normalized spacial score (nSPS) is 8.33. The first-order chi connectivity index (χ1) is 4.43. The van der Waals surface area contributed by atoms with Gasteiger partial charge in [0.15, 0.2) is 0 Å². The molecular weight excluding hydrogens is 110 g/mol. The van der Waals surface area contributed by atoms with Gasteiger partial charge in [-0.25, -0.2) is 0 Å². The third-order valence-electron chi connectivity index (χ3n) is 0.996. The van der Waals surface area contributed by atoms with E-state index in [1.807, 2.05) is 18.2 Å². The van der Waals surface area contributed by atoms with Gasteiger partial charge in [0.05, 0.1) is 12.1 Å². The summed E-state index contributed by atoms with van der Waals surface area (Å²) in [6.07, 6.45) is 8.88. The highest BCUT2D eigenvalue weighted by molar-refractivity contribution is 5.08. The molecule has 1 aromatic heterocycles. The highest BCUT2D eigenvalue weighted by Crippen LogP contribution is 1.91. The summed E-state index contributed by atoms with van der Waals surface area (Å²) in [6, 6.07) is 5.63. The van der Waals surface area contributed by atoms with E-state index in [2.05, 4.69) is 10.9 Å². The first-order valence-corrected chi connectivity index (χ1v) is 2.73. The fraction of sp³-hybridized carbons (Fsp3) is 0.125. The monoisotopic (exact) mass is 116 g/mol. The Labute approximate surface area is 54.7 Å². The van der Waals surface area contributed by atoms with E-state index in [4.69, 9.17) is 6.42 Å². The SMILES string of the molecule is [C]#CCc1ccccn1. The molecule has 0 amide bonds. The van der Waals surface area contributed by atoms with Crippen molar-refractivity contribution in [2.24, 2.45) is 0 Å². The summed E-state index contributed by atoms with van der Waals surface area (Å²) in [7, 11) is 0. The lowest BCUT2D eigenvalue weighted by atomic mass is 10.3. The first-order valence-electron chi connectivity index (χ1n) is 2.73. The molecule has 1 rings (SSSR count). The van der Waals surface area contributed by atoms with Crippen LogP contribution in [0.15, 0.2) is 24.4 Å². The molecule has 0 bridgehead atoms. The van der Waals surface area contributed by atoms with Crippen LogP contribution in [0.5, 0.6) is 0 Å². The van der Waals surface area contributed by atoms with Crippen molar-refractivity contribution in [1.82, 2.24) is 4.98 Å². The van der Waals surface area contributed by atoms with Crippen LogP contribution in [0.3, 0.4) is 0 Å². The molecular formula is C8H6N. The lowest BCUT2D eigenvalue weighted by Gasteiger charge is -1.88. The Bertz CT molecular complexity index is 208. The fourth-order valence-electron chi connectivity index (χ4n) is 0.593. The van der Waals surface area contributed by atoms with Crippen LogP contribution in [-0.2, 0) is 6.42 Å². The van der Waals surface area contributed by atoms with Crippen LogP contribution in [0.1, 0.15) is 5.69 Å². The molecule has 0 spiro atoms. The molecule has 0 aliphatic rings. The van der Waals surface area contributed by atoms with Crippen LogP contribution in [0.4, 0.5) is 0 Å². The molecule has 1 heterocycles. The minimum absolute atomic E-state index is 0.515. The van der Waals surface area contributed by atoms with Gasteiger partial charge in [-0.3, -0.25) is 4.98 Å². The van der Waals surface area contributed by atoms with Gasteiger partial charge >= 0.3 is 0 Å². The molecule has 9 heavy (non-hydrogen) atoms. The van der Waals surface area contributed by atoms with Crippen LogP contribution >= 0.6 is 0 Å². The molecule has 1 radical (unpaired) electrons. The summed E-state index contributed by atoms with van der Waals surface area (Å²) in [6.45, 7) is 0. The summed E-state index contributed by atoms with van der Waals surface area (Å²) in [4.78, 5) is 3.99. The predicted molar refractivity (Wildman–Crippen MR) is 35.1 cm³/mol. The maximum absolute atomic E-state index is 6.65. The minimum atomic E-state index is 0.515. The number of pyridine rings is 1. The zero-order chi connectivity index (χ0) is 6.53. The van der Waals surface area contributed by atoms with Crippen LogP contribution < -0.4 is 0 Å². The van der Waals surface area contributed by atoms with Crippen LogP contribution in [0.2, 0.25) is 0 Å². The smallest absolute Gasteiger partial charge is 0.0524 e. The van der Waals surface area contributed by atoms with Gasteiger partial charge in [0.1, 0.15) is 0 Å². The van der Waals surface area contributed by atoms with E-state index in [1.165, 1.54) is 0 Å². The maximum atomic E-state index is 6.65. The molecule has 0 fully saturated rings. The van der Waals surface area contributed by atoms with E-state index in [0.29, 0.717) is 6.42 Å². The number of rotatable bonds is 1. The predicted octanol–water partition coefficient (Wildman–Crippen LogP) is 1.21. The second kappa shape index (κ2) is 2.88. The quantitative estimate of drug-likeness (QED) is 0.502. The van der Waals surface area contributed by atoms with Crippen LogP contribution in [-0.4, -0.2) is 4.98 Å². The van der Waals surface area contributed by atoms with Gasteiger partial charge in [-0.2, -0.15) is 0 Å². The van der Waals surface area contributed by atoms with Crippen molar-refractivity contribution in [3.05, 3.63) is 36.5 Å². The van der Waals surface area contributed by atoms with Gasteiger partial charge in [0.2, 0.25) is 0 Å². The number of aromatic nitrogens is 1. The van der Waals surface area contributed by atoms with E-state index < -0.39 is 0 Å². The molecule has 0 aliphatic carbocycles. The van der Waals surface area contributed by atoms with Gasteiger partial charge < -0.3 is 0 Å². The van der Waals surface area contributed by atoms with E-state index in [0.717, 1.165) is 5.69 Å². The minimum Gasteiger partial charge on any atom is -0.260 e. The van der Waals surface area contributed by atoms with Crippen molar-refractivity contribution in [2.45, 2.75) is 6.42 Å². The maximum Gasteiger partial charge on any atom is 0.0524 e. The highest BCUT2D eigenvalue weighted by atomic mass is 14.7. The van der Waals surface area contributed by atoms with E-state index >= 15 is 0 Å². The summed E-state index contributed by atoms with van der Waals surface area (Å²) in [5.41, 5.74) is 0.896. The average Bonchev–Trinajstić information content (AvgIpc) is 1.91. The molecule has 0 aromatic carbocycles. The topological polar surface area (TPSA) is 12.9 Å².